The van der Waals surface area contributed by atoms with Crippen LogP contribution in [0.15, 0.2) is 15.9 Å². The molecule has 0 bridgehead atoms. The maximum absolute atomic E-state index is 12.0. The summed E-state index contributed by atoms with van der Waals surface area (Å²) in [5.74, 6) is 0.667. The molecular weight excluding hydrogens is 356 g/mol. The van der Waals surface area contributed by atoms with Gasteiger partial charge in [-0.3, -0.25) is 9.79 Å². The first-order valence-electron chi connectivity index (χ1n) is 8.21. The van der Waals surface area contributed by atoms with Gasteiger partial charge in [0.2, 0.25) is 0 Å². The van der Waals surface area contributed by atoms with Gasteiger partial charge in [0.05, 0.1) is 21.9 Å². The minimum atomic E-state index is -0.0809. The second-order valence-corrected chi connectivity index (χ2v) is 7.24. The number of hydrogen-bond acceptors (Lipinski definition) is 6. The first kappa shape index (κ1) is 19.3. The Kier molecular flexibility index (Phi) is 7.80. The summed E-state index contributed by atoms with van der Waals surface area (Å²) in [5.41, 5.74) is 3.53. The molecule has 9 heteroatoms. The number of aryl methyl sites for hydroxylation is 2. The van der Waals surface area contributed by atoms with Gasteiger partial charge in [-0.1, -0.05) is 0 Å². The molecule has 25 heavy (non-hydrogen) atoms. The second-order valence-electron chi connectivity index (χ2n) is 5.32. The normalized spacial score (nSPS) is 11.4. The molecule has 0 spiro atoms. The van der Waals surface area contributed by atoms with Crippen molar-refractivity contribution in [1.82, 2.24) is 25.9 Å². The van der Waals surface area contributed by atoms with Crippen molar-refractivity contribution in [3.63, 3.8) is 0 Å². The average molecular weight is 381 g/mol. The highest BCUT2D eigenvalue weighted by molar-refractivity contribution is 7.11. The van der Waals surface area contributed by atoms with Crippen LogP contribution in [-0.2, 0) is 6.42 Å². The van der Waals surface area contributed by atoms with Crippen LogP contribution in [0, 0.1) is 13.8 Å². The SMILES string of the molecule is CCNC(=NCCc1csc(C)n1)NCCNC(=O)c1scnc1C. The number of carbonyl (C=O) groups excluding carboxylic acids is 1. The number of thiazole rings is 2. The number of nitrogens with one attached hydrogen (secondary N) is 3. The van der Waals surface area contributed by atoms with Crippen molar-refractivity contribution in [3.8, 4) is 0 Å². The molecule has 7 nitrogen and oxygen atoms in total. The molecule has 0 atom stereocenters. The van der Waals surface area contributed by atoms with Crippen molar-refractivity contribution >= 4 is 34.5 Å². The molecule has 0 aromatic carbocycles. The van der Waals surface area contributed by atoms with Crippen molar-refractivity contribution in [2.24, 2.45) is 4.99 Å². The lowest BCUT2D eigenvalue weighted by atomic mass is 10.3. The van der Waals surface area contributed by atoms with E-state index < -0.39 is 0 Å². The zero-order valence-electron chi connectivity index (χ0n) is 14.8. The van der Waals surface area contributed by atoms with Crippen LogP contribution in [0.4, 0.5) is 0 Å². The average Bonchev–Trinajstić information content (AvgIpc) is 3.19. The van der Waals surface area contributed by atoms with Gasteiger partial charge in [-0.2, -0.15) is 0 Å². The smallest absolute Gasteiger partial charge is 0.263 e. The van der Waals surface area contributed by atoms with Gasteiger partial charge < -0.3 is 16.0 Å². The van der Waals surface area contributed by atoms with Crippen molar-refractivity contribution in [2.75, 3.05) is 26.2 Å². The van der Waals surface area contributed by atoms with Crippen molar-refractivity contribution in [3.05, 3.63) is 32.2 Å². The second kappa shape index (κ2) is 10.1. The number of hydrogen-bond donors (Lipinski definition) is 3. The van der Waals surface area contributed by atoms with Crippen LogP contribution in [0.1, 0.15) is 33.0 Å². The Hall–Kier alpha value is -2.00. The Bertz CT molecular complexity index is 709. The first-order valence-corrected chi connectivity index (χ1v) is 9.97. The topological polar surface area (TPSA) is 91.3 Å². The third-order valence-electron chi connectivity index (χ3n) is 3.30. The van der Waals surface area contributed by atoms with Crippen LogP contribution in [-0.4, -0.2) is 48.0 Å². The lowest BCUT2D eigenvalue weighted by Gasteiger charge is -2.11. The Labute approximate surface area is 156 Å². The lowest BCUT2D eigenvalue weighted by Crippen LogP contribution is -2.41. The summed E-state index contributed by atoms with van der Waals surface area (Å²) in [6.07, 6.45) is 0.822. The van der Waals surface area contributed by atoms with E-state index in [1.165, 1.54) is 11.3 Å². The molecule has 0 aliphatic rings. The minimum Gasteiger partial charge on any atom is -0.357 e. The number of amides is 1. The monoisotopic (exact) mass is 380 g/mol. The molecular formula is C16H24N6OS2. The van der Waals surface area contributed by atoms with E-state index in [1.54, 1.807) is 16.8 Å². The quantitative estimate of drug-likeness (QED) is 0.369. The summed E-state index contributed by atoms with van der Waals surface area (Å²) in [5, 5.41) is 12.5. The summed E-state index contributed by atoms with van der Waals surface area (Å²) in [4.78, 5) is 25.7. The Morgan fingerprint density at radius 1 is 1.20 bits per heavy atom. The van der Waals surface area contributed by atoms with Gasteiger partial charge in [0.1, 0.15) is 4.88 Å². The van der Waals surface area contributed by atoms with Gasteiger partial charge in [-0.15, -0.1) is 22.7 Å². The van der Waals surface area contributed by atoms with E-state index >= 15 is 0 Å². The van der Waals surface area contributed by atoms with E-state index in [9.17, 15) is 4.79 Å². The highest BCUT2D eigenvalue weighted by Gasteiger charge is 2.10. The lowest BCUT2D eigenvalue weighted by molar-refractivity contribution is 0.0957. The summed E-state index contributed by atoms with van der Waals surface area (Å²) in [6, 6.07) is 0. The molecule has 0 radical (unpaired) electrons. The number of rotatable bonds is 8. The summed E-state index contributed by atoms with van der Waals surface area (Å²) >= 11 is 3.01. The van der Waals surface area contributed by atoms with E-state index in [1.807, 2.05) is 20.8 Å². The van der Waals surface area contributed by atoms with E-state index in [2.05, 4.69) is 36.3 Å². The highest BCUT2D eigenvalue weighted by atomic mass is 32.1. The van der Waals surface area contributed by atoms with E-state index in [-0.39, 0.29) is 5.91 Å². The number of nitrogens with zero attached hydrogens (tertiary/aromatic N) is 3. The van der Waals surface area contributed by atoms with Crippen LogP contribution in [0.5, 0.6) is 0 Å². The Balaban J connectivity index is 1.72. The number of aromatic nitrogens is 2. The molecule has 1 amide bonds. The molecule has 2 aromatic heterocycles. The molecule has 136 valence electrons. The molecule has 2 heterocycles. The van der Waals surface area contributed by atoms with E-state index in [0.717, 1.165) is 35.3 Å². The summed E-state index contributed by atoms with van der Waals surface area (Å²) in [6.45, 7) is 8.44. The van der Waals surface area contributed by atoms with Gasteiger partial charge >= 0.3 is 0 Å². The molecule has 0 aliphatic carbocycles. The fourth-order valence-corrected chi connectivity index (χ4v) is 3.47. The Morgan fingerprint density at radius 3 is 2.64 bits per heavy atom. The van der Waals surface area contributed by atoms with Crippen LogP contribution in [0.3, 0.4) is 0 Å². The molecule has 2 aromatic rings. The third kappa shape index (κ3) is 6.43. The van der Waals surface area contributed by atoms with Crippen LogP contribution < -0.4 is 16.0 Å². The van der Waals surface area contributed by atoms with Gasteiger partial charge in [0.25, 0.3) is 5.91 Å². The largest absolute Gasteiger partial charge is 0.357 e. The zero-order chi connectivity index (χ0) is 18.1. The standard InChI is InChI=1S/C16H24N6OS2/c1-4-17-16(19-6-5-13-9-24-12(3)22-13)20-8-7-18-15(23)14-11(2)21-10-25-14/h9-10H,4-8H2,1-3H3,(H,18,23)(H2,17,19,20). The maximum atomic E-state index is 12.0. The minimum absolute atomic E-state index is 0.0809. The molecule has 0 fully saturated rings. The van der Waals surface area contributed by atoms with E-state index in [4.69, 9.17) is 0 Å². The Morgan fingerprint density at radius 2 is 2.00 bits per heavy atom. The van der Waals surface area contributed by atoms with Gasteiger partial charge in [0.15, 0.2) is 5.96 Å². The third-order valence-corrected chi connectivity index (χ3v) is 5.05. The van der Waals surface area contributed by atoms with Crippen LogP contribution in [0.2, 0.25) is 0 Å². The predicted molar refractivity (Wildman–Crippen MR) is 104 cm³/mol. The summed E-state index contributed by atoms with van der Waals surface area (Å²) in [7, 11) is 0. The molecule has 3 N–H and O–H groups in total. The predicted octanol–water partition coefficient (Wildman–Crippen LogP) is 1.74. The summed E-state index contributed by atoms with van der Waals surface area (Å²) < 4.78 is 0. The highest BCUT2D eigenvalue weighted by Crippen LogP contribution is 2.11. The fraction of sp³-hybridized carbons (Fsp3) is 0.500. The molecule has 0 saturated heterocycles. The number of aliphatic imine (C=N–C) groups is 1. The van der Waals surface area contributed by atoms with Crippen molar-refractivity contribution < 1.29 is 4.79 Å². The van der Waals surface area contributed by atoms with Gasteiger partial charge in [-0.05, 0) is 20.8 Å². The zero-order valence-corrected chi connectivity index (χ0v) is 16.4. The molecule has 0 saturated carbocycles. The fourth-order valence-electron chi connectivity index (χ4n) is 2.10. The van der Waals surface area contributed by atoms with Crippen LogP contribution in [0.25, 0.3) is 0 Å². The molecule has 2 rings (SSSR count). The first-order chi connectivity index (χ1) is 12.1. The molecule has 0 aliphatic heterocycles. The van der Waals surface area contributed by atoms with E-state index in [0.29, 0.717) is 24.5 Å². The number of carbonyl (C=O) groups is 1. The van der Waals surface area contributed by atoms with Crippen LogP contribution >= 0.6 is 22.7 Å². The van der Waals surface area contributed by atoms with Gasteiger partial charge in [-0.25, -0.2) is 9.97 Å². The molecule has 0 unspecified atom stereocenters. The van der Waals surface area contributed by atoms with Crippen molar-refractivity contribution in [1.29, 1.82) is 0 Å². The van der Waals surface area contributed by atoms with Crippen molar-refractivity contribution in [2.45, 2.75) is 27.2 Å². The maximum Gasteiger partial charge on any atom is 0.263 e. The van der Waals surface area contributed by atoms with Gasteiger partial charge in [0, 0.05) is 38.0 Å². The number of guanidine groups is 1.